The molecule has 0 saturated heterocycles. The second kappa shape index (κ2) is 7.88. The molecule has 1 atom stereocenters. The van der Waals surface area contributed by atoms with Crippen LogP contribution in [0.1, 0.15) is 60.8 Å². The minimum Gasteiger partial charge on any atom is -0.478 e. The molecule has 4 rings (SSSR count). The Hall–Kier alpha value is -2.65. The van der Waals surface area contributed by atoms with Crippen LogP contribution in [0.4, 0.5) is 0 Å². The number of para-hydroxylation sites is 1. The molecule has 0 unspecified atom stereocenters. The highest BCUT2D eigenvalue weighted by atomic mass is 35.5. The lowest BCUT2D eigenvalue weighted by atomic mass is 9.67. The van der Waals surface area contributed by atoms with Crippen molar-refractivity contribution in [2.24, 2.45) is 11.3 Å². The summed E-state index contributed by atoms with van der Waals surface area (Å²) in [6, 6.07) is 15.3. The smallest absolute Gasteiger partial charge is 0.336 e. The number of carbonyl (C=O) groups is 1. The highest BCUT2D eigenvalue weighted by molar-refractivity contribution is 6.32. The topological polar surface area (TPSA) is 50.2 Å². The van der Waals surface area contributed by atoms with Crippen LogP contribution in [0.15, 0.2) is 48.5 Å². The summed E-state index contributed by atoms with van der Waals surface area (Å²) in [5, 5.41) is 11.5. The molecule has 0 radical (unpaired) electrons. The van der Waals surface area contributed by atoms with Crippen molar-refractivity contribution in [3.05, 3.63) is 75.9 Å². The van der Waals surface area contributed by atoms with E-state index in [9.17, 15) is 9.90 Å². The van der Waals surface area contributed by atoms with E-state index in [0.717, 1.165) is 41.7 Å². The Balaban J connectivity index is 2.01. The van der Waals surface area contributed by atoms with Gasteiger partial charge in [-0.15, -0.1) is 0 Å². The second-order valence-corrected chi connectivity index (χ2v) is 9.18. The average molecular weight is 420 g/mol. The van der Waals surface area contributed by atoms with Gasteiger partial charge in [0.25, 0.3) is 0 Å². The van der Waals surface area contributed by atoms with Gasteiger partial charge < -0.3 is 5.11 Å². The first kappa shape index (κ1) is 20.6. The zero-order valence-electron chi connectivity index (χ0n) is 17.6. The third kappa shape index (κ3) is 3.63. The first-order valence-corrected chi connectivity index (χ1v) is 10.8. The second-order valence-electron chi connectivity index (χ2n) is 8.77. The molecule has 30 heavy (non-hydrogen) atoms. The molecule has 0 aliphatic heterocycles. The van der Waals surface area contributed by atoms with E-state index in [1.807, 2.05) is 48.5 Å². The van der Waals surface area contributed by atoms with E-state index >= 15 is 0 Å². The van der Waals surface area contributed by atoms with E-state index in [4.69, 9.17) is 16.6 Å². The van der Waals surface area contributed by atoms with Crippen molar-refractivity contribution < 1.29 is 9.90 Å². The van der Waals surface area contributed by atoms with E-state index in [1.54, 1.807) is 0 Å². The molecule has 1 aliphatic carbocycles. The molecule has 0 fully saturated rings. The predicted octanol–water partition coefficient (Wildman–Crippen LogP) is 7.13. The van der Waals surface area contributed by atoms with Crippen molar-refractivity contribution in [3.63, 3.8) is 0 Å². The van der Waals surface area contributed by atoms with Gasteiger partial charge in [0.05, 0.1) is 16.8 Å². The van der Waals surface area contributed by atoms with Crippen LogP contribution in [0.3, 0.4) is 0 Å². The summed E-state index contributed by atoms with van der Waals surface area (Å²) in [7, 11) is 0. The number of nitrogens with zero attached hydrogens (tertiary/aromatic N) is 1. The number of halogens is 1. The van der Waals surface area contributed by atoms with Crippen molar-refractivity contribution >= 4 is 40.1 Å². The number of pyridine rings is 1. The van der Waals surface area contributed by atoms with E-state index in [-0.39, 0.29) is 5.41 Å². The highest BCUT2D eigenvalue weighted by Crippen LogP contribution is 2.46. The number of carboxylic acid groups (broad SMARTS) is 1. The van der Waals surface area contributed by atoms with E-state index in [0.29, 0.717) is 27.4 Å². The van der Waals surface area contributed by atoms with Gasteiger partial charge >= 0.3 is 5.97 Å². The number of carboxylic acids is 1. The Morgan fingerprint density at radius 3 is 2.57 bits per heavy atom. The standard InChI is InChI=1S/C26H26ClNO2/c1-4-26(2,3)18-14-17(13-16-9-5-7-11-21(16)27)24-20(15-18)23(25(29)30)19-10-6-8-12-22(19)28-24/h5-13,18H,4,14-15H2,1-3H3,(H,29,30)/b17-13+/t18-/m1/s1. The monoisotopic (exact) mass is 419 g/mol. The SMILES string of the molecule is CCC(C)(C)[C@@H]1C/C(=C\c2ccccc2Cl)c2nc3ccccc3c(C(=O)O)c2C1. The minimum absolute atomic E-state index is 0.0820. The molecule has 1 aromatic heterocycles. The first-order chi connectivity index (χ1) is 14.3. The third-order valence-electron chi connectivity index (χ3n) is 6.68. The van der Waals surface area contributed by atoms with Gasteiger partial charge in [-0.1, -0.05) is 75.2 Å². The van der Waals surface area contributed by atoms with Gasteiger partial charge in [-0.2, -0.15) is 0 Å². The van der Waals surface area contributed by atoms with Crippen LogP contribution < -0.4 is 0 Å². The van der Waals surface area contributed by atoms with Gasteiger partial charge in [0.15, 0.2) is 0 Å². The molecule has 4 heteroatoms. The van der Waals surface area contributed by atoms with Gasteiger partial charge in [0.1, 0.15) is 0 Å². The lowest BCUT2D eigenvalue weighted by Crippen LogP contribution is -2.30. The van der Waals surface area contributed by atoms with Crippen LogP contribution in [0.25, 0.3) is 22.6 Å². The molecule has 1 aliphatic rings. The summed E-state index contributed by atoms with van der Waals surface area (Å²) in [5.41, 5.74) is 4.82. The molecule has 1 N–H and O–H groups in total. The van der Waals surface area contributed by atoms with Gasteiger partial charge in [-0.3, -0.25) is 0 Å². The van der Waals surface area contributed by atoms with Crippen LogP contribution in [-0.2, 0) is 6.42 Å². The number of benzene rings is 2. The summed E-state index contributed by atoms with van der Waals surface area (Å²) in [5.74, 6) is -0.568. The number of hydrogen-bond donors (Lipinski definition) is 1. The molecular formula is C26H26ClNO2. The fourth-order valence-electron chi connectivity index (χ4n) is 4.39. The van der Waals surface area contributed by atoms with Gasteiger partial charge in [-0.25, -0.2) is 9.78 Å². The van der Waals surface area contributed by atoms with Crippen LogP contribution in [0.2, 0.25) is 5.02 Å². The van der Waals surface area contributed by atoms with Crippen LogP contribution >= 0.6 is 11.6 Å². The maximum Gasteiger partial charge on any atom is 0.336 e. The summed E-state index contributed by atoms with van der Waals surface area (Å²) < 4.78 is 0. The van der Waals surface area contributed by atoms with Crippen molar-refractivity contribution in [3.8, 4) is 0 Å². The molecule has 2 aromatic carbocycles. The molecule has 3 nitrogen and oxygen atoms in total. The van der Waals surface area contributed by atoms with E-state index in [1.165, 1.54) is 0 Å². The van der Waals surface area contributed by atoms with Crippen LogP contribution in [-0.4, -0.2) is 16.1 Å². The quantitative estimate of drug-likeness (QED) is 0.489. The normalized spacial score (nSPS) is 17.9. The molecule has 0 amide bonds. The Morgan fingerprint density at radius 1 is 1.17 bits per heavy atom. The fourth-order valence-corrected chi connectivity index (χ4v) is 4.58. The Labute approximate surface area is 182 Å². The zero-order chi connectivity index (χ0) is 21.5. The van der Waals surface area contributed by atoms with Gasteiger partial charge in [-0.05, 0) is 59.1 Å². The minimum atomic E-state index is -0.892. The highest BCUT2D eigenvalue weighted by Gasteiger charge is 2.36. The number of aromatic carboxylic acids is 1. The van der Waals surface area contributed by atoms with Gasteiger partial charge in [0.2, 0.25) is 0 Å². The molecule has 0 bridgehead atoms. The van der Waals surface area contributed by atoms with Crippen molar-refractivity contribution in [2.75, 3.05) is 0 Å². The number of allylic oxidation sites excluding steroid dienone is 1. The summed E-state index contributed by atoms with van der Waals surface area (Å²) >= 11 is 6.44. The molecule has 0 spiro atoms. The Bertz CT molecular complexity index is 1160. The van der Waals surface area contributed by atoms with Crippen molar-refractivity contribution in [1.29, 1.82) is 0 Å². The Kier molecular flexibility index (Phi) is 5.42. The largest absolute Gasteiger partial charge is 0.478 e. The summed E-state index contributed by atoms with van der Waals surface area (Å²) in [6.07, 6.45) is 4.68. The Morgan fingerprint density at radius 2 is 1.87 bits per heavy atom. The number of aromatic nitrogens is 1. The molecule has 3 aromatic rings. The van der Waals surface area contributed by atoms with Crippen LogP contribution in [0.5, 0.6) is 0 Å². The van der Waals surface area contributed by atoms with Crippen LogP contribution in [0, 0.1) is 11.3 Å². The number of fused-ring (bicyclic) bond motifs is 2. The molecule has 154 valence electrons. The number of hydrogen-bond acceptors (Lipinski definition) is 2. The van der Waals surface area contributed by atoms with E-state index < -0.39 is 5.97 Å². The first-order valence-electron chi connectivity index (χ1n) is 10.4. The fraction of sp³-hybridized carbons (Fsp3) is 0.308. The molecule has 0 saturated carbocycles. The lowest BCUT2D eigenvalue weighted by molar-refractivity contribution is 0.0696. The van der Waals surface area contributed by atoms with Gasteiger partial charge in [0, 0.05) is 10.4 Å². The maximum atomic E-state index is 12.4. The maximum absolute atomic E-state index is 12.4. The third-order valence-corrected chi connectivity index (χ3v) is 7.02. The van der Waals surface area contributed by atoms with E-state index in [2.05, 4.69) is 26.8 Å². The molecule has 1 heterocycles. The lowest BCUT2D eigenvalue weighted by Gasteiger charge is -2.38. The number of rotatable bonds is 4. The average Bonchev–Trinajstić information content (AvgIpc) is 2.73. The van der Waals surface area contributed by atoms with Crippen molar-refractivity contribution in [2.45, 2.75) is 40.0 Å². The van der Waals surface area contributed by atoms with Crippen molar-refractivity contribution in [1.82, 2.24) is 4.98 Å². The summed E-state index contributed by atoms with van der Waals surface area (Å²) in [4.78, 5) is 17.3. The molecular weight excluding hydrogens is 394 g/mol. The zero-order valence-corrected chi connectivity index (χ0v) is 18.3. The summed E-state index contributed by atoms with van der Waals surface area (Å²) in [6.45, 7) is 6.74. The predicted molar refractivity (Wildman–Crippen MR) is 124 cm³/mol.